The Hall–Kier alpha value is -1.53. The number of carboxylic acids is 1. The summed E-state index contributed by atoms with van der Waals surface area (Å²) in [7, 11) is 1.67. The average molecular weight is 301 g/mol. The lowest BCUT2D eigenvalue weighted by molar-refractivity contribution is -0.720. The number of nitrogens with zero attached hydrogens (tertiary/aromatic N) is 3. The van der Waals surface area contributed by atoms with Crippen molar-refractivity contribution in [1.82, 2.24) is 5.01 Å². The van der Waals surface area contributed by atoms with Gasteiger partial charge >= 0.3 is 5.97 Å². The standard InChI is InChI=1S/C14H27N3O4/c1-14(2,3)16(4)17(20)15-21-12-8-5-11(6-9-12)7-10-13(18)19/h11-12H,5-10H2,1-4H3,(H,18,19)/b17-15-. The van der Waals surface area contributed by atoms with Crippen LogP contribution in [0.25, 0.3) is 0 Å². The van der Waals surface area contributed by atoms with Crippen LogP contribution in [0.5, 0.6) is 0 Å². The van der Waals surface area contributed by atoms with Gasteiger partial charge in [-0.25, -0.2) is 0 Å². The van der Waals surface area contributed by atoms with Crippen molar-refractivity contribution in [3.8, 4) is 0 Å². The Morgan fingerprint density at radius 2 is 1.95 bits per heavy atom. The van der Waals surface area contributed by atoms with Crippen molar-refractivity contribution < 1.29 is 19.7 Å². The largest absolute Gasteiger partial charge is 0.569 e. The van der Waals surface area contributed by atoms with E-state index in [9.17, 15) is 10.0 Å². The van der Waals surface area contributed by atoms with Gasteiger partial charge in [0.05, 0.1) is 17.6 Å². The van der Waals surface area contributed by atoms with E-state index in [4.69, 9.17) is 9.94 Å². The lowest BCUT2D eigenvalue weighted by Gasteiger charge is -2.28. The lowest BCUT2D eigenvalue weighted by atomic mass is 9.84. The van der Waals surface area contributed by atoms with Gasteiger partial charge in [0.25, 0.3) is 0 Å². The Morgan fingerprint density at radius 1 is 1.38 bits per heavy atom. The Balaban J connectivity index is 2.34. The predicted octanol–water partition coefficient (Wildman–Crippen LogP) is 2.95. The molecular formula is C14H27N3O4. The van der Waals surface area contributed by atoms with Gasteiger partial charge in [-0.05, 0) is 58.8 Å². The Morgan fingerprint density at radius 3 is 2.43 bits per heavy atom. The average Bonchev–Trinajstić information content (AvgIpc) is 2.41. The fourth-order valence-corrected chi connectivity index (χ4v) is 2.27. The fourth-order valence-electron chi connectivity index (χ4n) is 2.27. The second-order valence-electron chi connectivity index (χ2n) is 6.71. The summed E-state index contributed by atoms with van der Waals surface area (Å²) in [5.41, 5.74) is -0.316. The van der Waals surface area contributed by atoms with Gasteiger partial charge in [-0.2, -0.15) is 0 Å². The van der Waals surface area contributed by atoms with Crippen molar-refractivity contribution in [1.29, 1.82) is 0 Å². The van der Waals surface area contributed by atoms with E-state index in [1.165, 1.54) is 5.01 Å². The molecule has 0 atom stereocenters. The molecule has 1 aliphatic carbocycles. The molecule has 0 aliphatic heterocycles. The van der Waals surface area contributed by atoms with Crippen molar-refractivity contribution in [2.24, 2.45) is 11.2 Å². The molecule has 0 heterocycles. The number of rotatable bonds is 6. The Bertz CT molecular complexity index is 371. The van der Waals surface area contributed by atoms with E-state index in [2.05, 4.69) is 5.28 Å². The molecule has 7 nitrogen and oxygen atoms in total. The van der Waals surface area contributed by atoms with Crippen LogP contribution in [0.3, 0.4) is 0 Å². The molecule has 1 N–H and O–H groups in total. The van der Waals surface area contributed by atoms with E-state index in [0.29, 0.717) is 10.9 Å². The third-order valence-electron chi connectivity index (χ3n) is 4.05. The number of hydrogen-bond donors (Lipinski definition) is 1. The van der Waals surface area contributed by atoms with Crippen molar-refractivity contribution in [2.75, 3.05) is 7.05 Å². The second-order valence-corrected chi connectivity index (χ2v) is 6.71. The Kier molecular flexibility index (Phi) is 6.23. The van der Waals surface area contributed by atoms with Gasteiger partial charge in [-0.1, -0.05) is 0 Å². The molecule has 1 aliphatic rings. The number of carboxylic acid groups (broad SMARTS) is 1. The number of hydrogen-bond acceptors (Lipinski definition) is 4. The predicted molar refractivity (Wildman–Crippen MR) is 77.3 cm³/mol. The molecule has 0 aromatic carbocycles. The molecular weight excluding hydrogens is 274 g/mol. The van der Waals surface area contributed by atoms with E-state index >= 15 is 0 Å². The minimum atomic E-state index is -0.740. The van der Waals surface area contributed by atoms with Crippen LogP contribution in [0.15, 0.2) is 5.28 Å². The normalized spacial score (nSPS) is 23.7. The van der Waals surface area contributed by atoms with E-state index in [-0.39, 0.29) is 18.1 Å². The van der Waals surface area contributed by atoms with E-state index in [1.54, 1.807) is 7.05 Å². The summed E-state index contributed by atoms with van der Waals surface area (Å²) in [6.45, 7) is 5.75. The lowest BCUT2D eigenvalue weighted by Crippen LogP contribution is -2.42. The highest BCUT2D eigenvalue weighted by Crippen LogP contribution is 2.29. The summed E-state index contributed by atoms with van der Waals surface area (Å²) in [6, 6.07) is 0. The van der Waals surface area contributed by atoms with Crippen LogP contribution in [0.1, 0.15) is 59.3 Å². The van der Waals surface area contributed by atoms with Gasteiger partial charge < -0.3 is 15.2 Å². The molecule has 0 unspecified atom stereocenters. The van der Waals surface area contributed by atoms with Gasteiger partial charge in [0.2, 0.25) is 5.28 Å². The molecule has 0 aromatic rings. The zero-order chi connectivity index (χ0) is 16.0. The summed E-state index contributed by atoms with van der Waals surface area (Å²) in [4.78, 5) is 16.3. The summed E-state index contributed by atoms with van der Waals surface area (Å²) in [5.74, 6) is -0.294. The molecule has 0 spiro atoms. The number of hydrazine groups is 1. The smallest absolute Gasteiger partial charge is 0.303 e. The maximum atomic E-state index is 11.8. The summed E-state index contributed by atoms with van der Waals surface area (Å²) >= 11 is 0. The third kappa shape index (κ3) is 6.18. The first-order chi connectivity index (χ1) is 9.70. The van der Waals surface area contributed by atoms with E-state index < -0.39 is 5.97 Å². The van der Waals surface area contributed by atoms with Crippen LogP contribution in [0, 0.1) is 11.1 Å². The monoisotopic (exact) mass is 301 g/mol. The van der Waals surface area contributed by atoms with Crippen molar-refractivity contribution in [2.45, 2.75) is 70.9 Å². The third-order valence-corrected chi connectivity index (χ3v) is 4.05. The SMILES string of the molecule is CN(/[N+]([O-])=N/OC1CCC(CCC(=O)O)CC1)C(C)(C)C. The molecule has 21 heavy (non-hydrogen) atoms. The van der Waals surface area contributed by atoms with Crippen LogP contribution in [-0.2, 0) is 9.63 Å². The van der Waals surface area contributed by atoms with Crippen molar-refractivity contribution in [3.05, 3.63) is 5.21 Å². The molecule has 1 fully saturated rings. The molecule has 1 saturated carbocycles. The molecule has 0 aromatic heterocycles. The van der Waals surface area contributed by atoms with Crippen LogP contribution in [0.2, 0.25) is 0 Å². The molecule has 0 radical (unpaired) electrons. The topological polar surface area (TPSA) is 88.2 Å². The summed E-state index contributed by atoms with van der Waals surface area (Å²) in [5, 5.41) is 25.5. The maximum absolute atomic E-state index is 11.8. The highest BCUT2D eigenvalue weighted by molar-refractivity contribution is 5.66. The fraction of sp³-hybridized carbons (Fsp3) is 0.929. The first kappa shape index (κ1) is 17.5. The highest BCUT2D eigenvalue weighted by Gasteiger charge is 2.26. The first-order valence-electron chi connectivity index (χ1n) is 7.49. The quantitative estimate of drug-likeness (QED) is 0.463. The molecule has 0 bridgehead atoms. The van der Waals surface area contributed by atoms with Gasteiger partial charge in [0, 0.05) is 6.42 Å². The zero-order valence-electron chi connectivity index (χ0n) is 13.4. The van der Waals surface area contributed by atoms with Crippen molar-refractivity contribution >= 4 is 5.97 Å². The zero-order valence-corrected chi connectivity index (χ0v) is 13.4. The van der Waals surface area contributed by atoms with Crippen LogP contribution < -0.4 is 0 Å². The Labute approximate surface area is 126 Å². The number of aliphatic carboxylic acids is 1. The van der Waals surface area contributed by atoms with Gasteiger partial charge in [-0.15, -0.1) is 5.01 Å². The van der Waals surface area contributed by atoms with Gasteiger partial charge in [0.1, 0.15) is 6.10 Å². The van der Waals surface area contributed by atoms with Crippen LogP contribution >= 0.6 is 0 Å². The first-order valence-corrected chi connectivity index (χ1v) is 7.49. The number of carbonyl (C=O) groups is 1. The van der Waals surface area contributed by atoms with Crippen molar-refractivity contribution in [3.63, 3.8) is 0 Å². The molecule has 7 heteroatoms. The van der Waals surface area contributed by atoms with Gasteiger partial charge in [0.15, 0.2) is 0 Å². The van der Waals surface area contributed by atoms with E-state index in [1.807, 2.05) is 20.8 Å². The molecule has 1 rings (SSSR count). The highest BCUT2D eigenvalue weighted by atomic mass is 16.7. The minimum Gasteiger partial charge on any atom is -0.569 e. The maximum Gasteiger partial charge on any atom is 0.303 e. The molecule has 122 valence electrons. The molecule has 0 amide bonds. The minimum absolute atomic E-state index is 0.0455. The van der Waals surface area contributed by atoms with Crippen LogP contribution in [-0.4, -0.2) is 39.7 Å². The summed E-state index contributed by atoms with van der Waals surface area (Å²) < 4.78 is 0. The van der Waals surface area contributed by atoms with Gasteiger partial charge in [-0.3, -0.25) is 4.79 Å². The van der Waals surface area contributed by atoms with Crippen LogP contribution in [0.4, 0.5) is 0 Å². The van der Waals surface area contributed by atoms with E-state index in [0.717, 1.165) is 32.1 Å². The summed E-state index contributed by atoms with van der Waals surface area (Å²) in [6.07, 6.45) is 4.41. The molecule has 0 saturated heterocycles. The second kappa shape index (κ2) is 7.47.